The molecule has 1 saturated carbocycles. The van der Waals surface area contributed by atoms with Crippen LogP contribution in [0.3, 0.4) is 0 Å². The number of hydrogen-bond donors (Lipinski definition) is 2. The molecule has 1 heterocycles. The quantitative estimate of drug-likeness (QED) is 0.303. The zero-order chi connectivity index (χ0) is 25.1. The molecule has 0 atom stereocenters. The smallest absolute Gasteiger partial charge is 0.338 e. The van der Waals surface area contributed by atoms with Gasteiger partial charge in [0.15, 0.2) is 0 Å². The number of hydrogen-bond acceptors (Lipinski definition) is 5. The number of rotatable bonds is 7. The van der Waals surface area contributed by atoms with E-state index in [4.69, 9.17) is 21.7 Å². The summed E-state index contributed by atoms with van der Waals surface area (Å²) in [7, 11) is 0. The Kier molecular flexibility index (Phi) is 7.21. The first-order valence-electron chi connectivity index (χ1n) is 11.1. The average molecular weight is 498 g/mol. The average Bonchev–Trinajstić information content (AvgIpc) is 2.78. The van der Waals surface area contributed by atoms with Crippen LogP contribution in [0.2, 0.25) is 5.02 Å². The van der Waals surface area contributed by atoms with Crippen LogP contribution in [0.4, 0.5) is 14.5 Å². The van der Waals surface area contributed by atoms with Crippen molar-refractivity contribution in [3.8, 4) is 0 Å². The molecule has 2 aromatic carbocycles. The zero-order valence-electron chi connectivity index (χ0n) is 18.8. The Balaban J connectivity index is 1.67. The summed E-state index contributed by atoms with van der Waals surface area (Å²) in [5.41, 5.74) is -0.459. The van der Waals surface area contributed by atoms with Crippen molar-refractivity contribution in [2.24, 2.45) is 0 Å². The van der Waals surface area contributed by atoms with E-state index in [2.05, 4.69) is 10.3 Å². The van der Waals surface area contributed by atoms with Crippen LogP contribution in [0.25, 0.3) is 0 Å². The van der Waals surface area contributed by atoms with Crippen molar-refractivity contribution in [1.29, 1.82) is 5.41 Å². The molecule has 4 rings (SSSR count). The summed E-state index contributed by atoms with van der Waals surface area (Å²) in [5.74, 6) is -3.39. The molecule has 1 aliphatic carbocycles. The fourth-order valence-corrected chi connectivity index (χ4v) is 4.26. The first-order chi connectivity index (χ1) is 16.8. The second-order valence-electron chi connectivity index (χ2n) is 8.10. The highest BCUT2D eigenvalue weighted by atomic mass is 35.5. The Hall–Kier alpha value is -3.65. The first kappa shape index (κ1) is 24.5. The van der Waals surface area contributed by atoms with Crippen LogP contribution < -0.4 is 5.32 Å². The van der Waals surface area contributed by atoms with Crippen molar-refractivity contribution in [1.82, 2.24) is 4.98 Å². The van der Waals surface area contributed by atoms with Gasteiger partial charge in [-0.05, 0) is 61.6 Å². The van der Waals surface area contributed by atoms with Crippen LogP contribution in [0, 0.1) is 17.0 Å². The van der Waals surface area contributed by atoms with Crippen LogP contribution in [0.15, 0.2) is 48.7 Å². The molecule has 1 aliphatic rings. The first-order valence-corrected chi connectivity index (χ1v) is 11.5. The molecule has 3 aromatic rings. The van der Waals surface area contributed by atoms with E-state index in [0.717, 1.165) is 37.0 Å². The van der Waals surface area contributed by atoms with Crippen molar-refractivity contribution in [3.05, 3.63) is 93.3 Å². The van der Waals surface area contributed by atoms with Gasteiger partial charge in [0.2, 0.25) is 0 Å². The van der Waals surface area contributed by atoms with Crippen molar-refractivity contribution < 1.29 is 23.1 Å². The van der Waals surface area contributed by atoms with Crippen LogP contribution in [0.1, 0.15) is 69.6 Å². The number of nitrogens with zero attached hydrogens (tertiary/aromatic N) is 1. The summed E-state index contributed by atoms with van der Waals surface area (Å²) >= 11 is 6.36. The number of halogens is 3. The molecule has 35 heavy (non-hydrogen) atoms. The van der Waals surface area contributed by atoms with Crippen LogP contribution in [-0.2, 0) is 4.74 Å². The van der Waals surface area contributed by atoms with Gasteiger partial charge in [0.1, 0.15) is 17.3 Å². The minimum absolute atomic E-state index is 0.0462. The monoisotopic (exact) mass is 497 g/mol. The SMILES string of the molecule is CCOC(=O)c1cc(F)c(C(=N)c2ncccc2NC(=O)c2c(Cl)cccc2C2CCC2)c(F)c1. The minimum atomic E-state index is -1.13. The molecule has 0 radical (unpaired) electrons. The van der Waals surface area contributed by atoms with E-state index in [1.165, 1.54) is 18.3 Å². The summed E-state index contributed by atoms with van der Waals surface area (Å²) in [6.45, 7) is 1.62. The van der Waals surface area contributed by atoms with E-state index in [0.29, 0.717) is 10.6 Å². The van der Waals surface area contributed by atoms with Gasteiger partial charge in [-0.2, -0.15) is 0 Å². The Labute approximate surface area is 205 Å². The zero-order valence-corrected chi connectivity index (χ0v) is 19.6. The number of carbonyl (C=O) groups excluding carboxylic acids is 2. The summed E-state index contributed by atoms with van der Waals surface area (Å²) < 4.78 is 34.4. The number of amides is 1. The lowest BCUT2D eigenvalue weighted by Crippen LogP contribution is -2.21. The number of esters is 1. The third-order valence-corrected chi connectivity index (χ3v) is 6.23. The molecule has 0 saturated heterocycles. The summed E-state index contributed by atoms with van der Waals surface area (Å²) in [6.07, 6.45) is 4.35. The lowest BCUT2D eigenvalue weighted by Gasteiger charge is -2.28. The van der Waals surface area contributed by atoms with Gasteiger partial charge in [0.25, 0.3) is 5.91 Å². The van der Waals surface area contributed by atoms with Crippen LogP contribution in [-0.4, -0.2) is 29.2 Å². The van der Waals surface area contributed by atoms with Crippen LogP contribution in [0.5, 0.6) is 0 Å². The predicted molar refractivity (Wildman–Crippen MR) is 128 cm³/mol. The number of ether oxygens (including phenoxy) is 1. The second kappa shape index (κ2) is 10.3. The molecule has 0 aliphatic heterocycles. The molecule has 2 N–H and O–H groups in total. The number of pyridine rings is 1. The Bertz CT molecular complexity index is 1300. The fraction of sp³-hybridized carbons (Fsp3) is 0.231. The molecule has 0 bridgehead atoms. The highest BCUT2D eigenvalue weighted by Crippen LogP contribution is 2.40. The minimum Gasteiger partial charge on any atom is -0.462 e. The van der Waals surface area contributed by atoms with E-state index in [-0.39, 0.29) is 29.5 Å². The topological polar surface area (TPSA) is 92.1 Å². The van der Waals surface area contributed by atoms with Crippen molar-refractivity contribution in [2.75, 3.05) is 11.9 Å². The van der Waals surface area contributed by atoms with Gasteiger partial charge in [-0.1, -0.05) is 30.2 Å². The lowest BCUT2D eigenvalue weighted by atomic mass is 9.78. The highest BCUT2D eigenvalue weighted by Gasteiger charge is 2.28. The van der Waals surface area contributed by atoms with Gasteiger partial charge in [-0.15, -0.1) is 0 Å². The van der Waals surface area contributed by atoms with Gasteiger partial charge >= 0.3 is 5.97 Å². The summed E-state index contributed by atoms with van der Waals surface area (Å²) in [6, 6.07) is 9.91. The number of anilines is 1. The Morgan fingerprint density at radius 1 is 1.14 bits per heavy atom. The molecule has 180 valence electrons. The van der Waals surface area contributed by atoms with E-state index in [1.807, 2.05) is 6.07 Å². The van der Waals surface area contributed by atoms with Gasteiger partial charge < -0.3 is 10.1 Å². The largest absolute Gasteiger partial charge is 0.462 e. The standard InChI is InChI=1S/C26H22ClF2N3O3/c1-2-35-26(34)15-12-18(28)22(19(29)13-15)23(30)24-20(10-5-11-31-24)32-25(33)21-16(14-6-3-7-14)8-4-9-17(21)27/h4-5,8-14,30H,2-3,6-7H2,1H3,(H,32,33). The van der Waals surface area contributed by atoms with Gasteiger partial charge in [-0.3, -0.25) is 15.2 Å². The number of carbonyl (C=O) groups is 2. The fourth-order valence-electron chi connectivity index (χ4n) is 3.99. The molecular weight excluding hydrogens is 476 g/mol. The number of nitrogens with one attached hydrogen (secondary N) is 2. The third-order valence-electron chi connectivity index (χ3n) is 5.91. The second-order valence-corrected chi connectivity index (χ2v) is 8.50. The molecule has 1 amide bonds. The maximum atomic E-state index is 14.8. The van der Waals surface area contributed by atoms with Crippen molar-refractivity contribution >= 4 is 34.9 Å². The third kappa shape index (κ3) is 4.93. The molecule has 0 unspecified atom stereocenters. The maximum Gasteiger partial charge on any atom is 0.338 e. The molecule has 6 nitrogen and oxygen atoms in total. The van der Waals surface area contributed by atoms with Crippen molar-refractivity contribution in [3.63, 3.8) is 0 Å². The van der Waals surface area contributed by atoms with E-state index in [9.17, 15) is 18.4 Å². The van der Waals surface area contributed by atoms with E-state index < -0.39 is 34.8 Å². The Morgan fingerprint density at radius 2 is 1.86 bits per heavy atom. The molecular formula is C26H22ClF2N3O3. The molecule has 1 aromatic heterocycles. The van der Waals surface area contributed by atoms with E-state index in [1.54, 1.807) is 19.1 Å². The normalized spacial score (nSPS) is 13.1. The lowest BCUT2D eigenvalue weighted by molar-refractivity contribution is 0.0525. The summed E-state index contributed by atoms with van der Waals surface area (Å²) in [5, 5.41) is 11.4. The van der Waals surface area contributed by atoms with Gasteiger partial charge in [0, 0.05) is 6.20 Å². The van der Waals surface area contributed by atoms with Crippen molar-refractivity contribution in [2.45, 2.75) is 32.1 Å². The maximum absolute atomic E-state index is 14.8. The summed E-state index contributed by atoms with van der Waals surface area (Å²) in [4.78, 5) is 29.2. The molecule has 1 fully saturated rings. The number of aromatic nitrogens is 1. The highest BCUT2D eigenvalue weighted by molar-refractivity contribution is 6.34. The van der Waals surface area contributed by atoms with Crippen LogP contribution >= 0.6 is 11.6 Å². The predicted octanol–water partition coefficient (Wildman–Crippen LogP) is 6.13. The van der Waals surface area contributed by atoms with E-state index >= 15 is 0 Å². The van der Waals surface area contributed by atoms with Gasteiger partial charge in [-0.25, -0.2) is 13.6 Å². The molecule has 9 heteroatoms. The van der Waals surface area contributed by atoms with Gasteiger partial charge in [0.05, 0.1) is 39.7 Å². The number of benzene rings is 2. The Morgan fingerprint density at radius 3 is 2.49 bits per heavy atom. The molecule has 0 spiro atoms.